The number of rotatable bonds is 2. The van der Waals surface area contributed by atoms with Gasteiger partial charge in [0.25, 0.3) is 5.92 Å². The molecule has 86 valence electrons. The molecule has 16 heavy (non-hydrogen) atoms. The predicted molar refractivity (Wildman–Crippen MR) is 58.0 cm³/mol. The molecule has 3 heteroatoms. The number of hydrogen-bond acceptors (Lipinski definition) is 1. The first-order chi connectivity index (χ1) is 7.50. The van der Waals surface area contributed by atoms with E-state index in [-0.39, 0.29) is 12.2 Å². The van der Waals surface area contributed by atoms with Gasteiger partial charge in [-0.3, -0.25) is 4.79 Å². The number of carbonyl (C=O) groups is 1. The summed E-state index contributed by atoms with van der Waals surface area (Å²) in [5.41, 5.74) is 1.22. The lowest BCUT2D eigenvalue weighted by molar-refractivity contribution is -0.00895. The standard InChI is InChI=1S/C13H14F2O/c1-9(16)10-4-6-11(7-5-10)12-3-2-8-13(12,14)15/h4-7,12H,2-3,8H2,1H3. The molecule has 0 heterocycles. The molecular formula is C13H14F2O. The van der Waals surface area contributed by atoms with Gasteiger partial charge in [-0.05, 0) is 25.3 Å². The summed E-state index contributed by atoms with van der Waals surface area (Å²) in [4.78, 5) is 11.1. The molecule has 1 saturated carbocycles. The van der Waals surface area contributed by atoms with Crippen molar-refractivity contribution in [1.29, 1.82) is 0 Å². The van der Waals surface area contributed by atoms with Crippen LogP contribution in [0.25, 0.3) is 0 Å². The molecule has 0 saturated heterocycles. The van der Waals surface area contributed by atoms with Crippen molar-refractivity contribution in [2.75, 3.05) is 0 Å². The lowest BCUT2D eigenvalue weighted by Gasteiger charge is -2.19. The van der Waals surface area contributed by atoms with Gasteiger partial charge in [0.05, 0.1) is 0 Å². The van der Waals surface area contributed by atoms with E-state index in [1.54, 1.807) is 24.3 Å². The number of hydrogen-bond donors (Lipinski definition) is 0. The summed E-state index contributed by atoms with van der Waals surface area (Å²) < 4.78 is 27.0. The number of carbonyl (C=O) groups excluding carboxylic acids is 1. The summed E-state index contributed by atoms with van der Waals surface area (Å²) in [6.07, 6.45) is 1.09. The van der Waals surface area contributed by atoms with Gasteiger partial charge in [0.1, 0.15) is 0 Å². The van der Waals surface area contributed by atoms with E-state index in [4.69, 9.17) is 0 Å². The van der Waals surface area contributed by atoms with E-state index in [1.807, 2.05) is 0 Å². The second-order valence-corrected chi connectivity index (χ2v) is 4.38. The van der Waals surface area contributed by atoms with Gasteiger partial charge in [-0.1, -0.05) is 24.3 Å². The Hall–Kier alpha value is -1.25. The highest BCUT2D eigenvalue weighted by molar-refractivity contribution is 5.94. The molecule has 1 aliphatic carbocycles. The molecule has 1 unspecified atom stereocenters. The van der Waals surface area contributed by atoms with E-state index in [1.165, 1.54) is 6.92 Å². The molecule has 1 fully saturated rings. The minimum atomic E-state index is -2.59. The maximum absolute atomic E-state index is 13.5. The summed E-state index contributed by atoms with van der Waals surface area (Å²) in [6.45, 7) is 1.47. The van der Waals surface area contributed by atoms with Crippen LogP contribution in [-0.2, 0) is 0 Å². The summed E-state index contributed by atoms with van der Waals surface area (Å²) in [5, 5.41) is 0. The van der Waals surface area contributed by atoms with E-state index >= 15 is 0 Å². The fraction of sp³-hybridized carbons (Fsp3) is 0.462. The molecule has 0 bridgehead atoms. The van der Waals surface area contributed by atoms with Gasteiger partial charge in [-0.15, -0.1) is 0 Å². The first-order valence-corrected chi connectivity index (χ1v) is 5.49. The molecule has 0 spiro atoms. The van der Waals surface area contributed by atoms with Crippen LogP contribution in [0.4, 0.5) is 8.78 Å². The molecule has 0 aliphatic heterocycles. The summed E-state index contributed by atoms with van der Waals surface area (Å²) in [5.74, 6) is -3.30. The monoisotopic (exact) mass is 224 g/mol. The highest BCUT2D eigenvalue weighted by Crippen LogP contribution is 2.46. The Morgan fingerprint density at radius 1 is 1.31 bits per heavy atom. The topological polar surface area (TPSA) is 17.1 Å². The smallest absolute Gasteiger partial charge is 0.254 e. The zero-order valence-corrected chi connectivity index (χ0v) is 9.17. The van der Waals surface area contributed by atoms with Gasteiger partial charge in [0.15, 0.2) is 5.78 Å². The van der Waals surface area contributed by atoms with Crippen LogP contribution in [0, 0.1) is 0 Å². The molecule has 0 N–H and O–H groups in total. The van der Waals surface area contributed by atoms with Crippen molar-refractivity contribution in [2.24, 2.45) is 0 Å². The molecule has 1 aromatic carbocycles. The normalized spacial score (nSPS) is 23.3. The average molecular weight is 224 g/mol. The molecule has 1 aromatic rings. The minimum absolute atomic E-state index is 0.0217. The molecule has 1 nitrogen and oxygen atoms in total. The number of Topliss-reactive ketones (excluding diaryl/α,β-unsaturated/α-hetero) is 1. The quantitative estimate of drug-likeness (QED) is 0.698. The van der Waals surface area contributed by atoms with Crippen molar-refractivity contribution in [2.45, 2.75) is 38.0 Å². The number of benzene rings is 1. The van der Waals surface area contributed by atoms with Crippen molar-refractivity contribution in [3.8, 4) is 0 Å². The van der Waals surface area contributed by atoms with Gasteiger partial charge in [0.2, 0.25) is 0 Å². The van der Waals surface area contributed by atoms with Crippen molar-refractivity contribution in [3.05, 3.63) is 35.4 Å². The highest BCUT2D eigenvalue weighted by Gasteiger charge is 2.44. The summed E-state index contributed by atoms with van der Waals surface area (Å²) in [6, 6.07) is 6.57. The molecular weight excluding hydrogens is 210 g/mol. The van der Waals surface area contributed by atoms with Crippen LogP contribution in [0.3, 0.4) is 0 Å². The van der Waals surface area contributed by atoms with Gasteiger partial charge >= 0.3 is 0 Å². The average Bonchev–Trinajstić information content (AvgIpc) is 2.58. The Kier molecular flexibility index (Phi) is 2.78. The highest BCUT2D eigenvalue weighted by atomic mass is 19.3. The van der Waals surface area contributed by atoms with Crippen LogP contribution in [0.2, 0.25) is 0 Å². The summed E-state index contributed by atoms with van der Waals surface area (Å²) >= 11 is 0. The molecule has 2 rings (SSSR count). The second kappa shape index (κ2) is 3.96. The van der Waals surface area contributed by atoms with Crippen molar-refractivity contribution < 1.29 is 13.6 Å². The Balaban J connectivity index is 2.25. The fourth-order valence-corrected chi connectivity index (χ4v) is 2.29. The minimum Gasteiger partial charge on any atom is -0.295 e. The van der Waals surface area contributed by atoms with Gasteiger partial charge in [-0.25, -0.2) is 8.78 Å². The lowest BCUT2D eigenvalue weighted by atomic mass is 9.94. The van der Waals surface area contributed by atoms with Crippen LogP contribution in [-0.4, -0.2) is 11.7 Å². The van der Waals surface area contributed by atoms with Gasteiger partial charge < -0.3 is 0 Å². The third-order valence-corrected chi connectivity index (χ3v) is 3.23. The third kappa shape index (κ3) is 1.99. The van der Waals surface area contributed by atoms with E-state index in [2.05, 4.69) is 0 Å². The van der Waals surface area contributed by atoms with Crippen molar-refractivity contribution in [1.82, 2.24) is 0 Å². The third-order valence-electron chi connectivity index (χ3n) is 3.23. The zero-order valence-electron chi connectivity index (χ0n) is 9.17. The van der Waals surface area contributed by atoms with Crippen molar-refractivity contribution >= 4 is 5.78 Å². The van der Waals surface area contributed by atoms with Gasteiger partial charge in [0, 0.05) is 17.9 Å². The Morgan fingerprint density at radius 3 is 2.38 bits per heavy atom. The van der Waals surface area contributed by atoms with E-state index < -0.39 is 11.8 Å². The Morgan fingerprint density at radius 2 is 1.94 bits per heavy atom. The van der Waals surface area contributed by atoms with Gasteiger partial charge in [-0.2, -0.15) is 0 Å². The number of alkyl halides is 2. The van der Waals surface area contributed by atoms with Crippen molar-refractivity contribution in [3.63, 3.8) is 0 Å². The number of halogens is 2. The maximum Gasteiger partial charge on any atom is 0.254 e. The van der Waals surface area contributed by atoms with Crippen LogP contribution < -0.4 is 0 Å². The van der Waals surface area contributed by atoms with Crippen LogP contribution >= 0.6 is 0 Å². The molecule has 0 radical (unpaired) electrons. The SMILES string of the molecule is CC(=O)c1ccc(C2CCCC2(F)F)cc1. The Bertz CT molecular complexity index is 395. The van der Waals surface area contributed by atoms with Crippen LogP contribution in [0.1, 0.15) is 48.0 Å². The van der Waals surface area contributed by atoms with E-state index in [0.29, 0.717) is 24.0 Å². The molecule has 0 amide bonds. The Labute approximate surface area is 93.5 Å². The zero-order chi connectivity index (χ0) is 11.8. The van der Waals surface area contributed by atoms with E-state index in [0.717, 1.165) is 0 Å². The van der Waals surface area contributed by atoms with E-state index in [9.17, 15) is 13.6 Å². The first kappa shape index (κ1) is 11.2. The first-order valence-electron chi connectivity index (χ1n) is 5.49. The molecule has 1 aliphatic rings. The fourth-order valence-electron chi connectivity index (χ4n) is 2.29. The summed E-state index contributed by atoms with van der Waals surface area (Å²) in [7, 11) is 0. The second-order valence-electron chi connectivity index (χ2n) is 4.38. The number of ketones is 1. The molecule has 1 atom stereocenters. The van der Waals surface area contributed by atoms with Crippen LogP contribution in [0.5, 0.6) is 0 Å². The lowest BCUT2D eigenvalue weighted by Crippen LogP contribution is -2.19. The molecule has 0 aromatic heterocycles. The largest absolute Gasteiger partial charge is 0.295 e. The predicted octanol–water partition coefficient (Wildman–Crippen LogP) is 3.79. The maximum atomic E-state index is 13.5. The van der Waals surface area contributed by atoms with Crippen LogP contribution in [0.15, 0.2) is 24.3 Å².